The maximum Gasteiger partial charge on any atom is 0.337 e. The molecule has 0 spiro atoms. The second-order valence-corrected chi connectivity index (χ2v) is 5.17. The summed E-state index contributed by atoms with van der Waals surface area (Å²) in [6.45, 7) is 2.22. The van der Waals surface area contributed by atoms with Crippen LogP contribution in [-0.2, 0) is 14.4 Å². The Balaban J connectivity index is 2.01. The highest BCUT2D eigenvalue weighted by Gasteiger charge is 2.13. The van der Waals surface area contributed by atoms with Crippen LogP contribution in [0, 0.1) is 0 Å². The van der Waals surface area contributed by atoms with Crippen molar-refractivity contribution in [1.82, 2.24) is 4.98 Å². The zero-order chi connectivity index (χ0) is 15.6. The van der Waals surface area contributed by atoms with Gasteiger partial charge in [0.1, 0.15) is 6.61 Å². The SMILES string of the molecule is CCOC(=O)/C(=C\c1cccnc1)CON=C1CCCCC1. The monoisotopic (exact) mass is 302 g/mol. The van der Waals surface area contributed by atoms with Gasteiger partial charge in [-0.15, -0.1) is 0 Å². The van der Waals surface area contributed by atoms with Gasteiger partial charge in [-0.3, -0.25) is 4.98 Å². The van der Waals surface area contributed by atoms with Crippen molar-refractivity contribution in [2.75, 3.05) is 13.2 Å². The summed E-state index contributed by atoms with van der Waals surface area (Å²) >= 11 is 0. The van der Waals surface area contributed by atoms with Gasteiger partial charge in [0.25, 0.3) is 0 Å². The minimum absolute atomic E-state index is 0.108. The van der Waals surface area contributed by atoms with E-state index in [0.717, 1.165) is 24.1 Å². The predicted molar refractivity (Wildman–Crippen MR) is 85.3 cm³/mol. The van der Waals surface area contributed by atoms with E-state index in [1.54, 1.807) is 25.4 Å². The van der Waals surface area contributed by atoms with E-state index in [4.69, 9.17) is 9.57 Å². The van der Waals surface area contributed by atoms with Crippen molar-refractivity contribution in [2.45, 2.75) is 39.0 Å². The molecule has 0 saturated heterocycles. The molecule has 0 bridgehead atoms. The number of carbonyl (C=O) groups is 1. The fourth-order valence-electron chi connectivity index (χ4n) is 2.29. The fourth-order valence-corrected chi connectivity index (χ4v) is 2.29. The molecule has 1 aliphatic carbocycles. The number of oxime groups is 1. The van der Waals surface area contributed by atoms with E-state index < -0.39 is 0 Å². The molecule has 22 heavy (non-hydrogen) atoms. The second-order valence-electron chi connectivity index (χ2n) is 5.17. The molecule has 0 aliphatic heterocycles. The Hall–Kier alpha value is -2.17. The van der Waals surface area contributed by atoms with Crippen LogP contribution in [-0.4, -0.2) is 29.9 Å². The Labute approximate surface area is 131 Å². The lowest BCUT2D eigenvalue weighted by atomic mass is 9.99. The Bertz CT molecular complexity index is 530. The van der Waals surface area contributed by atoms with E-state index in [9.17, 15) is 4.79 Å². The van der Waals surface area contributed by atoms with Gasteiger partial charge in [-0.1, -0.05) is 17.6 Å². The number of hydrogen-bond donors (Lipinski definition) is 0. The number of carbonyl (C=O) groups excluding carboxylic acids is 1. The number of nitrogens with zero attached hydrogens (tertiary/aromatic N) is 2. The summed E-state index contributed by atoms with van der Waals surface area (Å²) in [7, 11) is 0. The van der Waals surface area contributed by atoms with E-state index in [-0.39, 0.29) is 12.6 Å². The summed E-state index contributed by atoms with van der Waals surface area (Å²) in [5, 5.41) is 4.16. The van der Waals surface area contributed by atoms with Crippen LogP contribution in [0.15, 0.2) is 35.3 Å². The molecule has 0 radical (unpaired) electrons. The van der Waals surface area contributed by atoms with Gasteiger partial charge in [-0.05, 0) is 50.3 Å². The molecule has 0 unspecified atom stereocenters. The summed E-state index contributed by atoms with van der Waals surface area (Å²) in [6, 6.07) is 3.69. The zero-order valence-corrected chi connectivity index (χ0v) is 13.0. The summed E-state index contributed by atoms with van der Waals surface area (Å²) in [5.74, 6) is -0.379. The van der Waals surface area contributed by atoms with E-state index in [2.05, 4.69) is 10.1 Å². The molecule has 1 aromatic heterocycles. The Morgan fingerprint density at radius 2 is 2.18 bits per heavy atom. The van der Waals surface area contributed by atoms with Crippen LogP contribution < -0.4 is 0 Å². The maximum atomic E-state index is 12.0. The molecule has 1 aliphatic rings. The van der Waals surface area contributed by atoms with Crippen LogP contribution in [0.2, 0.25) is 0 Å². The lowest BCUT2D eigenvalue weighted by Gasteiger charge is -2.12. The minimum atomic E-state index is -0.379. The highest BCUT2D eigenvalue weighted by atomic mass is 16.6. The first-order valence-corrected chi connectivity index (χ1v) is 7.75. The molecule has 1 saturated carbocycles. The van der Waals surface area contributed by atoms with Crippen molar-refractivity contribution < 1.29 is 14.4 Å². The van der Waals surface area contributed by atoms with Crippen LogP contribution >= 0.6 is 0 Å². The van der Waals surface area contributed by atoms with Gasteiger partial charge in [-0.25, -0.2) is 4.79 Å². The Kier molecular flexibility index (Phi) is 6.61. The maximum absolute atomic E-state index is 12.0. The van der Waals surface area contributed by atoms with Gasteiger partial charge < -0.3 is 9.57 Å². The summed E-state index contributed by atoms with van der Waals surface area (Å²) in [5.41, 5.74) is 2.35. The van der Waals surface area contributed by atoms with Gasteiger partial charge in [0, 0.05) is 12.4 Å². The molecule has 0 amide bonds. The first-order valence-electron chi connectivity index (χ1n) is 7.75. The van der Waals surface area contributed by atoms with Gasteiger partial charge in [0.15, 0.2) is 0 Å². The van der Waals surface area contributed by atoms with E-state index in [0.29, 0.717) is 12.2 Å². The quantitative estimate of drug-likeness (QED) is 0.459. The molecule has 2 rings (SSSR count). The molecule has 1 fully saturated rings. The van der Waals surface area contributed by atoms with Gasteiger partial charge in [-0.2, -0.15) is 0 Å². The largest absolute Gasteiger partial charge is 0.463 e. The van der Waals surface area contributed by atoms with Crippen molar-refractivity contribution >= 4 is 17.8 Å². The van der Waals surface area contributed by atoms with Crippen molar-refractivity contribution in [1.29, 1.82) is 0 Å². The third-order valence-electron chi connectivity index (χ3n) is 3.41. The zero-order valence-electron chi connectivity index (χ0n) is 13.0. The van der Waals surface area contributed by atoms with E-state index in [1.165, 1.54) is 19.3 Å². The average Bonchev–Trinajstić information content (AvgIpc) is 2.56. The van der Waals surface area contributed by atoms with Gasteiger partial charge >= 0.3 is 5.97 Å². The first-order chi connectivity index (χ1) is 10.8. The van der Waals surface area contributed by atoms with Crippen LogP contribution in [0.1, 0.15) is 44.6 Å². The molecule has 0 atom stereocenters. The van der Waals surface area contributed by atoms with Crippen LogP contribution in [0.5, 0.6) is 0 Å². The number of esters is 1. The minimum Gasteiger partial charge on any atom is -0.463 e. The number of pyridine rings is 1. The highest BCUT2D eigenvalue weighted by molar-refractivity contribution is 5.94. The third kappa shape index (κ3) is 5.31. The summed E-state index contributed by atoms with van der Waals surface area (Å²) in [6.07, 6.45) is 10.7. The smallest absolute Gasteiger partial charge is 0.337 e. The molecule has 0 aromatic carbocycles. The van der Waals surface area contributed by atoms with Crippen LogP contribution in [0.4, 0.5) is 0 Å². The molecule has 0 N–H and O–H groups in total. The summed E-state index contributed by atoms with van der Waals surface area (Å²) in [4.78, 5) is 21.4. The summed E-state index contributed by atoms with van der Waals surface area (Å²) < 4.78 is 5.06. The van der Waals surface area contributed by atoms with Crippen molar-refractivity contribution in [3.63, 3.8) is 0 Å². The number of aromatic nitrogens is 1. The molecule has 118 valence electrons. The first kappa shape index (κ1) is 16.2. The average molecular weight is 302 g/mol. The molecule has 1 aromatic rings. The number of rotatable bonds is 6. The Morgan fingerprint density at radius 3 is 2.86 bits per heavy atom. The predicted octanol–water partition coefficient (Wildman–Crippen LogP) is 3.36. The van der Waals surface area contributed by atoms with Crippen molar-refractivity contribution in [3.8, 4) is 0 Å². The lowest BCUT2D eigenvalue weighted by molar-refractivity contribution is -0.139. The van der Waals surface area contributed by atoms with Gasteiger partial charge in [0.05, 0.1) is 17.9 Å². The molecular formula is C17H22N2O3. The normalized spacial score (nSPS) is 15.3. The molecular weight excluding hydrogens is 280 g/mol. The van der Waals surface area contributed by atoms with Crippen molar-refractivity contribution in [2.24, 2.45) is 5.16 Å². The highest BCUT2D eigenvalue weighted by Crippen LogP contribution is 2.15. The standard InChI is InChI=1S/C17H22N2O3/c1-2-21-17(20)15(11-14-7-6-10-18-12-14)13-22-19-16-8-4-3-5-9-16/h6-7,10-12H,2-5,8-9,13H2,1H3/b15-11-. The van der Waals surface area contributed by atoms with Crippen molar-refractivity contribution in [3.05, 3.63) is 35.7 Å². The topological polar surface area (TPSA) is 60.8 Å². The van der Waals surface area contributed by atoms with E-state index in [1.807, 2.05) is 12.1 Å². The van der Waals surface area contributed by atoms with E-state index >= 15 is 0 Å². The second kappa shape index (κ2) is 8.97. The lowest BCUT2D eigenvalue weighted by Crippen LogP contribution is -2.13. The number of ether oxygens (including phenoxy) is 1. The molecule has 5 heteroatoms. The molecule has 5 nitrogen and oxygen atoms in total. The van der Waals surface area contributed by atoms with Crippen LogP contribution in [0.3, 0.4) is 0 Å². The van der Waals surface area contributed by atoms with Gasteiger partial charge in [0.2, 0.25) is 0 Å². The third-order valence-corrected chi connectivity index (χ3v) is 3.41. The number of hydrogen-bond acceptors (Lipinski definition) is 5. The molecule has 1 heterocycles. The van der Waals surface area contributed by atoms with Crippen LogP contribution in [0.25, 0.3) is 6.08 Å². The Morgan fingerprint density at radius 1 is 1.36 bits per heavy atom. The fraction of sp³-hybridized carbons (Fsp3) is 0.471.